The molecule has 1 nitrogen and oxygen atoms in total. The van der Waals surface area contributed by atoms with Crippen molar-refractivity contribution in [3.63, 3.8) is 0 Å². The van der Waals surface area contributed by atoms with Gasteiger partial charge < -0.3 is 0 Å². The fourth-order valence-corrected chi connectivity index (χ4v) is 1.91. The second-order valence-corrected chi connectivity index (χ2v) is 3.29. The predicted molar refractivity (Wildman–Crippen MR) is 35.7 cm³/mol. The first-order chi connectivity index (χ1) is 3.93. The van der Waals surface area contributed by atoms with Crippen LogP contribution in [-0.2, 0) is 0 Å². The number of rotatable bonds is 0. The number of nitriles is 1. The van der Waals surface area contributed by atoms with Gasteiger partial charge in [0.05, 0.1) is 11.3 Å². The van der Waals surface area contributed by atoms with Crippen LogP contribution in [0.15, 0.2) is 0 Å². The summed E-state index contributed by atoms with van der Waals surface area (Å²) in [6, 6.07) is 2.27. The Morgan fingerprint density at radius 1 is 1.50 bits per heavy atom. The average Bonchev–Trinajstić information content (AvgIpc) is 1.90. The number of hydrogen-bond acceptors (Lipinski definition) is 2. The highest BCUT2D eigenvalue weighted by Crippen LogP contribution is 2.23. The molecule has 0 aromatic carbocycles. The van der Waals surface area contributed by atoms with Gasteiger partial charge in [-0.2, -0.15) is 5.26 Å². The highest BCUT2D eigenvalue weighted by molar-refractivity contribution is 8.00. The molecule has 0 spiro atoms. The Kier molecular flexibility index (Phi) is 2.23. The Morgan fingerprint density at radius 3 is 2.75 bits per heavy atom. The Bertz CT molecular complexity index is 99.6. The molecule has 8 heavy (non-hydrogen) atoms. The van der Waals surface area contributed by atoms with Crippen molar-refractivity contribution in [3.05, 3.63) is 0 Å². The van der Waals surface area contributed by atoms with Gasteiger partial charge in [-0.25, -0.2) is 0 Å². The first-order valence-electron chi connectivity index (χ1n) is 2.94. The quantitative estimate of drug-likeness (QED) is 0.495. The first kappa shape index (κ1) is 5.97. The van der Waals surface area contributed by atoms with E-state index >= 15 is 0 Å². The molecular weight excluding hydrogens is 118 g/mol. The summed E-state index contributed by atoms with van der Waals surface area (Å²) in [5.41, 5.74) is 0. The van der Waals surface area contributed by atoms with Crippen LogP contribution in [0.1, 0.15) is 19.3 Å². The van der Waals surface area contributed by atoms with Crippen LogP contribution in [0.4, 0.5) is 0 Å². The molecule has 2 heteroatoms. The van der Waals surface area contributed by atoms with E-state index in [4.69, 9.17) is 5.26 Å². The van der Waals surface area contributed by atoms with Crippen LogP contribution in [0.5, 0.6) is 0 Å². The van der Waals surface area contributed by atoms with Crippen LogP contribution >= 0.6 is 11.8 Å². The van der Waals surface area contributed by atoms with Gasteiger partial charge in [0, 0.05) is 0 Å². The van der Waals surface area contributed by atoms with Crippen molar-refractivity contribution in [3.8, 4) is 6.07 Å². The maximum absolute atomic E-state index is 8.42. The third-order valence-corrected chi connectivity index (χ3v) is 2.59. The summed E-state index contributed by atoms with van der Waals surface area (Å²) >= 11 is 1.80. The van der Waals surface area contributed by atoms with Gasteiger partial charge >= 0.3 is 0 Å². The van der Waals surface area contributed by atoms with Gasteiger partial charge in [-0.1, -0.05) is 6.42 Å². The molecule has 0 N–H and O–H groups in total. The third-order valence-electron chi connectivity index (χ3n) is 1.32. The van der Waals surface area contributed by atoms with Crippen LogP contribution in [0.3, 0.4) is 0 Å². The molecule has 1 heterocycles. The maximum Gasteiger partial charge on any atom is 0.0916 e. The van der Waals surface area contributed by atoms with Crippen LogP contribution in [0.25, 0.3) is 0 Å². The smallest absolute Gasteiger partial charge is 0.0916 e. The number of thioether (sulfide) groups is 1. The summed E-state index contributed by atoms with van der Waals surface area (Å²) in [4.78, 5) is 0. The highest BCUT2D eigenvalue weighted by atomic mass is 32.2. The predicted octanol–water partition coefficient (Wildman–Crippen LogP) is 1.80. The van der Waals surface area contributed by atoms with E-state index in [0.29, 0.717) is 5.25 Å². The van der Waals surface area contributed by atoms with E-state index in [0.717, 1.165) is 6.42 Å². The molecule has 0 aromatic rings. The summed E-state index contributed by atoms with van der Waals surface area (Å²) < 4.78 is 0. The van der Waals surface area contributed by atoms with Crippen molar-refractivity contribution in [2.75, 3.05) is 5.75 Å². The summed E-state index contributed by atoms with van der Waals surface area (Å²) in [5.74, 6) is 1.19. The van der Waals surface area contributed by atoms with E-state index in [1.54, 1.807) is 11.8 Å². The fraction of sp³-hybridized carbons (Fsp3) is 0.833. The molecule has 1 aliphatic rings. The van der Waals surface area contributed by atoms with E-state index < -0.39 is 0 Å². The van der Waals surface area contributed by atoms with Gasteiger partial charge in [0.2, 0.25) is 0 Å². The number of nitrogens with zero attached hydrogens (tertiary/aromatic N) is 1. The molecule has 0 aliphatic carbocycles. The van der Waals surface area contributed by atoms with Crippen molar-refractivity contribution >= 4 is 11.8 Å². The van der Waals surface area contributed by atoms with E-state index in [-0.39, 0.29) is 0 Å². The second-order valence-electron chi connectivity index (χ2n) is 1.98. The minimum absolute atomic E-state index is 0.309. The van der Waals surface area contributed by atoms with Gasteiger partial charge in [0.25, 0.3) is 0 Å². The van der Waals surface area contributed by atoms with Gasteiger partial charge in [-0.15, -0.1) is 11.8 Å². The first-order valence-corrected chi connectivity index (χ1v) is 3.99. The fourth-order valence-electron chi connectivity index (χ4n) is 0.843. The van der Waals surface area contributed by atoms with Crippen molar-refractivity contribution < 1.29 is 0 Å². The lowest BCUT2D eigenvalue weighted by Crippen LogP contribution is -2.05. The molecule has 44 valence electrons. The molecule has 1 saturated heterocycles. The highest BCUT2D eigenvalue weighted by Gasteiger charge is 2.11. The molecule has 1 fully saturated rings. The van der Waals surface area contributed by atoms with Gasteiger partial charge in [-0.3, -0.25) is 0 Å². The SMILES string of the molecule is N#C[C@@H]1CCCCS1. The van der Waals surface area contributed by atoms with Crippen molar-refractivity contribution in [1.29, 1.82) is 5.26 Å². The molecular formula is C6H9NS. The van der Waals surface area contributed by atoms with Crippen molar-refractivity contribution in [1.82, 2.24) is 0 Å². The Morgan fingerprint density at radius 2 is 2.38 bits per heavy atom. The molecule has 0 radical (unpaired) electrons. The summed E-state index contributed by atoms with van der Waals surface area (Å²) in [6.07, 6.45) is 3.68. The van der Waals surface area contributed by atoms with E-state index in [9.17, 15) is 0 Å². The van der Waals surface area contributed by atoms with Gasteiger partial charge in [0.15, 0.2) is 0 Å². The lowest BCUT2D eigenvalue weighted by Gasteiger charge is -2.12. The summed E-state index contributed by atoms with van der Waals surface area (Å²) in [7, 11) is 0. The van der Waals surface area contributed by atoms with Crippen LogP contribution in [0, 0.1) is 11.3 Å². The molecule has 1 rings (SSSR count). The van der Waals surface area contributed by atoms with Crippen molar-refractivity contribution in [2.24, 2.45) is 0 Å². The Balaban J connectivity index is 2.25. The molecule has 1 atom stereocenters. The van der Waals surface area contributed by atoms with E-state index in [1.807, 2.05) is 0 Å². The third kappa shape index (κ3) is 1.41. The molecule has 0 unspecified atom stereocenters. The van der Waals surface area contributed by atoms with Crippen LogP contribution < -0.4 is 0 Å². The van der Waals surface area contributed by atoms with Gasteiger partial charge in [-0.05, 0) is 18.6 Å². The van der Waals surface area contributed by atoms with Crippen LogP contribution in [-0.4, -0.2) is 11.0 Å². The lowest BCUT2D eigenvalue weighted by atomic mass is 10.2. The van der Waals surface area contributed by atoms with E-state index in [2.05, 4.69) is 6.07 Å². The summed E-state index contributed by atoms with van der Waals surface area (Å²) in [5, 5.41) is 8.73. The average molecular weight is 127 g/mol. The van der Waals surface area contributed by atoms with Crippen LogP contribution in [0.2, 0.25) is 0 Å². The van der Waals surface area contributed by atoms with E-state index in [1.165, 1.54) is 18.6 Å². The lowest BCUT2D eigenvalue weighted by molar-refractivity contribution is 0.724. The maximum atomic E-state index is 8.42. The zero-order chi connectivity index (χ0) is 5.82. The minimum Gasteiger partial charge on any atom is -0.197 e. The topological polar surface area (TPSA) is 23.8 Å². The molecule has 0 saturated carbocycles. The normalized spacial score (nSPS) is 29.1. The minimum atomic E-state index is 0.309. The molecule has 0 bridgehead atoms. The van der Waals surface area contributed by atoms with Gasteiger partial charge in [0.1, 0.15) is 0 Å². The zero-order valence-electron chi connectivity index (χ0n) is 4.76. The second kappa shape index (κ2) is 2.99. The summed E-state index contributed by atoms with van der Waals surface area (Å²) in [6.45, 7) is 0. The molecule has 0 aromatic heterocycles. The molecule has 0 amide bonds. The Hall–Kier alpha value is -0.160. The zero-order valence-corrected chi connectivity index (χ0v) is 5.58. The standard InChI is InChI=1S/C6H9NS/c7-5-6-3-1-2-4-8-6/h6H,1-4H2/t6-/m0/s1. The Labute approximate surface area is 54.1 Å². The molecule has 1 aliphatic heterocycles. The number of hydrogen-bond donors (Lipinski definition) is 0. The monoisotopic (exact) mass is 127 g/mol. The largest absolute Gasteiger partial charge is 0.197 e. The van der Waals surface area contributed by atoms with Crippen molar-refractivity contribution in [2.45, 2.75) is 24.5 Å².